The van der Waals surface area contributed by atoms with E-state index in [2.05, 4.69) is 9.97 Å². The fourth-order valence-corrected chi connectivity index (χ4v) is 3.09. The van der Waals surface area contributed by atoms with Crippen molar-refractivity contribution in [1.82, 2.24) is 14.9 Å². The van der Waals surface area contributed by atoms with Gasteiger partial charge in [0.05, 0.1) is 11.8 Å². The third kappa shape index (κ3) is 4.36. The van der Waals surface area contributed by atoms with Crippen LogP contribution in [0, 0.1) is 17.6 Å². The van der Waals surface area contributed by atoms with Crippen LogP contribution in [0.1, 0.15) is 17.7 Å². The molecule has 3 rings (SSSR count). The van der Waals surface area contributed by atoms with Gasteiger partial charge in [-0.1, -0.05) is 6.07 Å². The van der Waals surface area contributed by atoms with Gasteiger partial charge in [-0.25, -0.2) is 8.78 Å². The Labute approximate surface area is 144 Å². The number of carbonyl (C=O) groups excluding carboxylic acids is 1. The van der Waals surface area contributed by atoms with Crippen molar-refractivity contribution in [2.75, 3.05) is 13.1 Å². The standard InChI is InChI=1S/C18H19F2N3O2/c19-14-3-1-12(16(20)8-14)2-4-18(25)23-10-13(17(24)11-23)7-15-9-21-5-6-22-15/h1,3,5-6,8-9,13,17,24H,2,4,7,10-11H2/t13-,17-/m1/s1. The second-order valence-electron chi connectivity index (χ2n) is 6.26. The summed E-state index contributed by atoms with van der Waals surface area (Å²) in [6.07, 6.45) is 5.07. The molecule has 5 nitrogen and oxygen atoms in total. The molecule has 1 N–H and O–H groups in total. The zero-order valence-corrected chi connectivity index (χ0v) is 13.6. The van der Waals surface area contributed by atoms with E-state index >= 15 is 0 Å². The lowest BCUT2D eigenvalue weighted by atomic mass is 10.0. The quantitative estimate of drug-likeness (QED) is 0.895. The largest absolute Gasteiger partial charge is 0.391 e. The van der Waals surface area contributed by atoms with E-state index in [1.165, 1.54) is 12.1 Å². The van der Waals surface area contributed by atoms with Crippen molar-refractivity contribution in [3.8, 4) is 0 Å². The Hall–Kier alpha value is -2.41. The predicted octanol–water partition coefficient (Wildman–Crippen LogP) is 1.75. The molecular formula is C18H19F2N3O2. The van der Waals surface area contributed by atoms with E-state index in [9.17, 15) is 18.7 Å². The van der Waals surface area contributed by atoms with Gasteiger partial charge in [0.15, 0.2) is 0 Å². The maximum Gasteiger partial charge on any atom is 0.223 e. The summed E-state index contributed by atoms with van der Waals surface area (Å²) in [5.74, 6) is -1.52. The first-order chi connectivity index (χ1) is 12.0. The van der Waals surface area contributed by atoms with Crippen LogP contribution in [-0.2, 0) is 17.6 Å². The van der Waals surface area contributed by atoms with Gasteiger partial charge in [-0.2, -0.15) is 0 Å². The Bertz CT molecular complexity index is 742. The highest BCUT2D eigenvalue weighted by Gasteiger charge is 2.34. The Morgan fingerprint density at radius 1 is 1.28 bits per heavy atom. The Morgan fingerprint density at radius 3 is 2.84 bits per heavy atom. The predicted molar refractivity (Wildman–Crippen MR) is 86.5 cm³/mol. The summed E-state index contributed by atoms with van der Waals surface area (Å²) in [4.78, 5) is 22.1. The number of nitrogens with zero attached hydrogens (tertiary/aromatic N) is 3. The second-order valence-corrected chi connectivity index (χ2v) is 6.26. The number of halogens is 2. The molecule has 1 aliphatic heterocycles. The number of β-amino-alcohol motifs (C(OH)–C–C–N with tert-alkyl or cyclic N) is 1. The van der Waals surface area contributed by atoms with Gasteiger partial charge in [-0.05, 0) is 24.5 Å². The molecule has 0 unspecified atom stereocenters. The smallest absolute Gasteiger partial charge is 0.223 e. The van der Waals surface area contributed by atoms with Gasteiger partial charge in [0, 0.05) is 50.1 Å². The fourth-order valence-electron chi connectivity index (χ4n) is 3.09. The minimum atomic E-state index is -0.644. The van der Waals surface area contributed by atoms with E-state index in [0.29, 0.717) is 18.5 Å². The topological polar surface area (TPSA) is 66.3 Å². The third-order valence-electron chi connectivity index (χ3n) is 4.47. The zero-order valence-electron chi connectivity index (χ0n) is 13.6. The average Bonchev–Trinajstić information content (AvgIpc) is 2.95. The first kappa shape index (κ1) is 17.4. The minimum Gasteiger partial charge on any atom is -0.391 e. The van der Waals surface area contributed by atoms with Crippen molar-refractivity contribution in [1.29, 1.82) is 0 Å². The number of aliphatic hydroxyl groups excluding tert-OH is 1. The zero-order chi connectivity index (χ0) is 17.8. The SMILES string of the molecule is O=C(CCc1ccc(F)cc1F)N1C[C@@H](Cc2cnccn2)[C@H](O)C1. The maximum absolute atomic E-state index is 13.6. The summed E-state index contributed by atoms with van der Waals surface area (Å²) in [5.41, 5.74) is 1.08. The number of likely N-dealkylation sites (tertiary alicyclic amines) is 1. The molecule has 0 bridgehead atoms. The Morgan fingerprint density at radius 2 is 2.12 bits per heavy atom. The van der Waals surface area contributed by atoms with E-state index in [1.807, 2.05) is 0 Å². The number of aryl methyl sites for hydroxylation is 1. The first-order valence-electron chi connectivity index (χ1n) is 8.17. The number of aliphatic hydroxyl groups is 1. The van der Waals surface area contributed by atoms with E-state index < -0.39 is 17.7 Å². The average molecular weight is 347 g/mol. The van der Waals surface area contributed by atoms with E-state index in [0.717, 1.165) is 11.8 Å². The number of benzene rings is 1. The molecule has 1 saturated heterocycles. The number of hydrogen-bond acceptors (Lipinski definition) is 4. The van der Waals surface area contributed by atoms with Gasteiger partial charge in [0.2, 0.25) is 5.91 Å². The van der Waals surface area contributed by atoms with Gasteiger partial charge in [0.25, 0.3) is 0 Å². The molecule has 1 amide bonds. The van der Waals surface area contributed by atoms with Crippen LogP contribution in [0.5, 0.6) is 0 Å². The molecule has 132 valence electrons. The molecule has 1 aromatic carbocycles. The lowest BCUT2D eigenvalue weighted by molar-refractivity contribution is -0.130. The third-order valence-corrected chi connectivity index (χ3v) is 4.47. The number of amides is 1. The molecule has 0 spiro atoms. The molecule has 2 aromatic rings. The van der Waals surface area contributed by atoms with Crippen molar-refractivity contribution < 1.29 is 18.7 Å². The van der Waals surface area contributed by atoms with Crippen LogP contribution < -0.4 is 0 Å². The molecule has 0 aliphatic carbocycles. The summed E-state index contributed by atoms with van der Waals surface area (Å²) in [6.45, 7) is 0.693. The lowest BCUT2D eigenvalue weighted by Gasteiger charge is -2.16. The molecule has 1 aliphatic rings. The second kappa shape index (κ2) is 7.65. The van der Waals surface area contributed by atoms with Crippen molar-refractivity contribution in [3.05, 3.63) is 59.7 Å². The number of aromatic nitrogens is 2. The van der Waals surface area contributed by atoms with Gasteiger partial charge in [0.1, 0.15) is 11.6 Å². The highest BCUT2D eigenvalue weighted by Crippen LogP contribution is 2.22. The molecule has 25 heavy (non-hydrogen) atoms. The number of rotatable bonds is 5. The van der Waals surface area contributed by atoms with Crippen molar-refractivity contribution in [2.45, 2.75) is 25.4 Å². The van der Waals surface area contributed by atoms with Crippen molar-refractivity contribution in [2.24, 2.45) is 5.92 Å². The van der Waals surface area contributed by atoms with E-state index in [-0.39, 0.29) is 31.2 Å². The monoisotopic (exact) mass is 347 g/mol. The molecule has 0 radical (unpaired) electrons. The van der Waals surface area contributed by atoms with Crippen LogP contribution in [0.2, 0.25) is 0 Å². The summed E-state index contributed by atoms with van der Waals surface area (Å²) >= 11 is 0. The van der Waals surface area contributed by atoms with E-state index in [1.54, 1.807) is 23.5 Å². The summed E-state index contributed by atoms with van der Waals surface area (Å²) in [7, 11) is 0. The summed E-state index contributed by atoms with van der Waals surface area (Å²) < 4.78 is 26.5. The number of hydrogen-bond donors (Lipinski definition) is 1. The minimum absolute atomic E-state index is 0.0943. The summed E-state index contributed by atoms with van der Waals surface area (Å²) in [6, 6.07) is 3.35. The highest BCUT2D eigenvalue weighted by molar-refractivity contribution is 5.76. The summed E-state index contributed by atoms with van der Waals surface area (Å²) in [5, 5.41) is 10.2. The van der Waals surface area contributed by atoms with E-state index in [4.69, 9.17) is 0 Å². The van der Waals surface area contributed by atoms with Gasteiger partial charge >= 0.3 is 0 Å². The fraction of sp³-hybridized carbons (Fsp3) is 0.389. The molecule has 2 heterocycles. The molecule has 0 saturated carbocycles. The Kier molecular flexibility index (Phi) is 5.33. The Balaban J connectivity index is 1.54. The molecule has 2 atom stereocenters. The van der Waals surface area contributed by atoms with Crippen molar-refractivity contribution in [3.63, 3.8) is 0 Å². The van der Waals surface area contributed by atoms with Crippen LogP contribution in [0.25, 0.3) is 0 Å². The van der Waals surface area contributed by atoms with Crippen molar-refractivity contribution >= 4 is 5.91 Å². The number of carbonyl (C=O) groups is 1. The van der Waals surface area contributed by atoms with Gasteiger partial charge < -0.3 is 10.0 Å². The molecular weight excluding hydrogens is 328 g/mol. The maximum atomic E-state index is 13.6. The van der Waals surface area contributed by atoms with Gasteiger partial charge in [-0.3, -0.25) is 14.8 Å². The van der Waals surface area contributed by atoms with Crippen LogP contribution in [-0.4, -0.2) is 45.1 Å². The van der Waals surface area contributed by atoms with Gasteiger partial charge in [-0.15, -0.1) is 0 Å². The lowest BCUT2D eigenvalue weighted by Crippen LogP contribution is -2.29. The first-order valence-corrected chi connectivity index (χ1v) is 8.17. The molecule has 1 fully saturated rings. The van der Waals surface area contributed by atoms with Crippen LogP contribution in [0.4, 0.5) is 8.78 Å². The highest BCUT2D eigenvalue weighted by atomic mass is 19.1. The van der Waals surface area contributed by atoms with Crippen LogP contribution in [0.3, 0.4) is 0 Å². The molecule has 1 aromatic heterocycles. The normalized spacial score (nSPS) is 20.0. The van der Waals surface area contributed by atoms with Crippen LogP contribution in [0.15, 0.2) is 36.8 Å². The molecule has 7 heteroatoms. The van der Waals surface area contributed by atoms with Crippen LogP contribution >= 0.6 is 0 Å².